The topological polar surface area (TPSA) is 130 Å². The molecular weight excluding hydrogens is 548 g/mol. The van der Waals surface area contributed by atoms with Gasteiger partial charge >= 0.3 is 0 Å². The van der Waals surface area contributed by atoms with Crippen molar-refractivity contribution >= 4 is 11.0 Å². The van der Waals surface area contributed by atoms with E-state index in [-0.39, 0.29) is 27.6 Å². The van der Waals surface area contributed by atoms with Crippen LogP contribution in [0.15, 0.2) is 103 Å². The van der Waals surface area contributed by atoms with Crippen LogP contribution in [-0.2, 0) is 25.7 Å². The monoisotopic (exact) mass is 580 g/mol. The van der Waals surface area contributed by atoms with Gasteiger partial charge in [-0.2, -0.15) is 0 Å². The molecule has 0 amide bonds. The molecule has 8 nitrogen and oxygen atoms in total. The van der Waals surface area contributed by atoms with Crippen molar-refractivity contribution in [1.82, 2.24) is 0 Å². The summed E-state index contributed by atoms with van der Waals surface area (Å²) in [6, 6.07) is 26.0. The van der Waals surface area contributed by atoms with Gasteiger partial charge in [0.1, 0.15) is 34.7 Å². The second-order valence-electron chi connectivity index (χ2n) is 10.7. The van der Waals surface area contributed by atoms with Crippen LogP contribution in [0.5, 0.6) is 5.75 Å². The number of fused-ring (bicyclic) bond motifs is 8. The maximum atomic E-state index is 13.6. The summed E-state index contributed by atoms with van der Waals surface area (Å²) in [5.74, 6) is 0.477. The molecule has 2 bridgehead atoms. The molecule has 0 radical (unpaired) electrons. The number of hydrogen-bond acceptors (Lipinski definition) is 8. The highest BCUT2D eigenvalue weighted by Crippen LogP contribution is 2.50. The zero-order valence-electron chi connectivity index (χ0n) is 23.6. The Hall–Kier alpha value is -4.50. The highest BCUT2D eigenvalue weighted by molar-refractivity contribution is 5.85. The Morgan fingerprint density at radius 3 is 1.88 bits per heavy atom. The normalized spacial score (nSPS) is 19.9. The fourth-order valence-electron chi connectivity index (χ4n) is 6.18. The average molecular weight is 581 g/mol. The van der Waals surface area contributed by atoms with Gasteiger partial charge in [0.2, 0.25) is 0 Å². The second-order valence-corrected chi connectivity index (χ2v) is 10.7. The predicted octanol–water partition coefficient (Wildman–Crippen LogP) is 4.23. The summed E-state index contributed by atoms with van der Waals surface area (Å²) in [6.45, 7) is 0. The van der Waals surface area contributed by atoms with E-state index in [1.165, 1.54) is 12.1 Å². The highest BCUT2D eigenvalue weighted by Gasteiger charge is 2.51. The molecule has 7 rings (SSSR count). The first-order chi connectivity index (χ1) is 21.0. The number of rotatable bonds is 6. The zero-order valence-corrected chi connectivity index (χ0v) is 23.6. The van der Waals surface area contributed by atoms with Crippen LogP contribution >= 0.6 is 0 Å². The SMILES string of the molecule is CO.O=c1cc(CCc2ccccc2)oc2c1[C@H]1c3c(ccc4oc(CCc5ccccc5)cc(=O)c34)O[C@H]([C@H]1O)[C@@H]2O. The van der Waals surface area contributed by atoms with Gasteiger partial charge in [0, 0.05) is 37.6 Å². The summed E-state index contributed by atoms with van der Waals surface area (Å²) in [4.78, 5) is 27.1. The van der Waals surface area contributed by atoms with Gasteiger partial charge in [-0.25, -0.2) is 0 Å². The van der Waals surface area contributed by atoms with Crippen LogP contribution in [0, 0.1) is 0 Å². The second kappa shape index (κ2) is 12.0. The fraction of sp³-hybridized carbons (Fsp3) is 0.257. The van der Waals surface area contributed by atoms with Gasteiger partial charge in [0.25, 0.3) is 0 Å². The van der Waals surface area contributed by atoms with Gasteiger partial charge in [-0.1, -0.05) is 60.7 Å². The standard InChI is InChI=1S/C34H28O7.CH4O/c35-23-17-21(13-11-19-7-3-1-4-8-19)39-25-15-16-26-29(27(23)25)30-28-24(36)18-22(14-12-20-9-5-2-6-10-20)40-33(28)32(38)34(41-26)31(30)37;1-2/h1-10,15-18,30-32,34,37-38H,11-14H2;2H,1H3/t30-,31-,32+,34+;/m0./s1. The molecule has 8 heteroatoms. The van der Waals surface area contributed by atoms with E-state index in [4.69, 9.17) is 18.7 Å². The molecule has 0 fully saturated rings. The van der Waals surface area contributed by atoms with Gasteiger partial charge in [-0.15, -0.1) is 0 Å². The van der Waals surface area contributed by atoms with Crippen LogP contribution in [0.1, 0.15) is 51.6 Å². The van der Waals surface area contributed by atoms with Crippen LogP contribution in [0.4, 0.5) is 0 Å². The summed E-state index contributed by atoms with van der Waals surface area (Å²) in [5, 5.41) is 29.7. The van der Waals surface area contributed by atoms with Crippen LogP contribution in [-0.4, -0.2) is 34.6 Å². The summed E-state index contributed by atoms with van der Waals surface area (Å²) >= 11 is 0. The number of ether oxygens (including phenoxy) is 1. The molecule has 1 aliphatic carbocycles. The van der Waals surface area contributed by atoms with Crippen LogP contribution in [0.3, 0.4) is 0 Å². The average Bonchev–Trinajstić information content (AvgIpc) is 3.03. The number of aliphatic hydroxyl groups is 3. The smallest absolute Gasteiger partial charge is 0.193 e. The fourth-order valence-corrected chi connectivity index (χ4v) is 6.18. The molecule has 2 aromatic heterocycles. The van der Waals surface area contributed by atoms with E-state index in [0.717, 1.165) is 18.2 Å². The third-order valence-corrected chi connectivity index (χ3v) is 8.16. The molecule has 220 valence electrons. The van der Waals surface area contributed by atoms with E-state index >= 15 is 0 Å². The van der Waals surface area contributed by atoms with Crippen molar-refractivity contribution in [2.24, 2.45) is 0 Å². The van der Waals surface area contributed by atoms with Crippen molar-refractivity contribution < 1.29 is 28.9 Å². The van der Waals surface area contributed by atoms with Crippen LogP contribution < -0.4 is 15.6 Å². The lowest BCUT2D eigenvalue weighted by atomic mass is 9.73. The predicted molar refractivity (Wildman–Crippen MR) is 161 cm³/mol. The van der Waals surface area contributed by atoms with Crippen molar-refractivity contribution in [3.05, 3.63) is 145 Å². The van der Waals surface area contributed by atoms with Gasteiger partial charge in [-0.3, -0.25) is 9.59 Å². The van der Waals surface area contributed by atoms with Crippen molar-refractivity contribution in [3.8, 4) is 5.75 Å². The third kappa shape index (κ3) is 5.29. The van der Waals surface area contributed by atoms with Crippen molar-refractivity contribution in [1.29, 1.82) is 0 Å². The summed E-state index contributed by atoms with van der Waals surface area (Å²) in [7, 11) is 1.00. The van der Waals surface area contributed by atoms with Gasteiger partial charge < -0.3 is 28.9 Å². The molecule has 1 aliphatic heterocycles. The van der Waals surface area contributed by atoms with Crippen molar-refractivity contribution in [2.45, 2.75) is 49.9 Å². The Balaban J connectivity index is 0.00000161. The highest BCUT2D eigenvalue weighted by atomic mass is 16.5. The Kier molecular flexibility index (Phi) is 7.99. The molecule has 0 unspecified atom stereocenters. The molecule has 2 aliphatic rings. The van der Waals surface area contributed by atoms with E-state index in [1.54, 1.807) is 12.1 Å². The first-order valence-corrected chi connectivity index (χ1v) is 14.3. The molecule has 3 aromatic carbocycles. The van der Waals surface area contributed by atoms with E-state index in [1.807, 2.05) is 60.7 Å². The summed E-state index contributed by atoms with van der Waals surface area (Å²) in [5.41, 5.74) is 2.47. The van der Waals surface area contributed by atoms with Crippen molar-refractivity contribution in [3.63, 3.8) is 0 Å². The zero-order chi connectivity index (χ0) is 30.1. The maximum Gasteiger partial charge on any atom is 0.193 e. The molecule has 0 spiro atoms. The van der Waals surface area contributed by atoms with Gasteiger partial charge in [-0.05, 0) is 36.1 Å². The molecule has 0 saturated heterocycles. The van der Waals surface area contributed by atoms with Crippen LogP contribution in [0.25, 0.3) is 11.0 Å². The lowest BCUT2D eigenvalue weighted by Gasteiger charge is -2.43. The largest absolute Gasteiger partial charge is 0.484 e. The van der Waals surface area contributed by atoms with E-state index in [2.05, 4.69) is 0 Å². The van der Waals surface area contributed by atoms with Crippen molar-refractivity contribution in [2.75, 3.05) is 7.11 Å². The van der Waals surface area contributed by atoms with E-state index in [0.29, 0.717) is 54.1 Å². The number of aryl methyl sites for hydroxylation is 4. The minimum atomic E-state index is -1.35. The van der Waals surface area contributed by atoms with E-state index < -0.39 is 24.2 Å². The Bertz CT molecular complexity index is 1860. The minimum Gasteiger partial charge on any atom is -0.484 e. The van der Waals surface area contributed by atoms with E-state index in [9.17, 15) is 19.8 Å². The molecule has 4 atom stereocenters. The number of aliphatic hydroxyl groups excluding tert-OH is 3. The first-order valence-electron chi connectivity index (χ1n) is 14.3. The number of hydrogen-bond donors (Lipinski definition) is 3. The Morgan fingerprint density at radius 1 is 0.674 bits per heavy atom. The summed E-state index contributed by atoms with van der Waals surface area (Å²) < 4.78 is 18.3. The number of benzene rings is 3. The molecular formula is C35H32O8. The Morgan fingerprint density at radius 2 is 1.26 bits per heavy atom. The quantitative estimate of drug-likeness (QED) is 0.272. The minimum absolute atomic E-state index is 0.0763. The molecule has 3 N–H and O–H groups in total. The first kappa shape index (κ1) is 28.6. The van der Waals surface area contributed by atoms with Crippen LogP contribution in [0.2, 0.25) is 0 Å². The molecule has 3 heterocycles. The third-order valence-electron chi connectivity index (χ3n) is 8.16. The lowest BCUT2D eigenvalue weighted by Crippen LogP contribution is -2.50. The lowest BCUT2D eigenvalue weighted by molar-refractivity contribution is -0.0822. The van der Waals surface area contributed by atoms with Gasteiger partial charge in [0.15, 0.2) is 23.1 Å². The van der Waals surface area contributed by atoms with Gasteiger partial charge in [0.05, 0.1) is 16.9 Å². The maximum absolute atomic E-state index is 13.6. The molecule has 43 heavy (non-hydrogen) atoms. The Labute approximate surface area is 247 Å². The summed E-state index contributed by atoms with van der Waals surface area (Å²) in [6.07, 6.45) is -1.28. The molecule has 5 aromatic rings. The molecule has 0 saturated carbocycles.